The average Bonchev–Trinajstić information content (AvgIpc) is 3.02. The lowest BCUT2D eigenvalue weighted by Crippen LogP contribution is -2.42. The van der Waals surface area contributed by atoms with E-state index in [1.165, 1.54) is 0 Å². The lowest BCUT2D eigenvalue weighted by Gasteiger charge is -2.33. The molecular formula is C15H15NO2S. The van der Waals surface area contributed by atoms with Crippen LogP contribution in [0.15, 0.2) is 41.1 Å². The second-order valence-corrected chi connectivity index (χ2v) is 5.52. The van der Waals surface area contributed by atoms with E-state index in [9.17, 15) is 9.90 Å². The minimum absolute atomic E-state index is 0.0915. The summed E-state index contributed by atoms with van der Waals surface area (Å²) in [6.45, 7) is 2.34. The van der Waals surface area contributed by atoms with Crippen molar-refractivity contribution in [1.82, 2.24) is 4.90 Å². The highest BCUT2D eigenvalue weighted by molar-refractivity contribution is 7.07. The fourth-order valence-electron chi connectivity index (χ4n) is 2.63. The Labute approximate surface area is 116 Å². The van der Waals surface area contributed by atoms with Gasteiger partial charge in [-0.3, -0.25) is 4.79 Å². The Morgan fingerprint density at radius 3 is 2.79 bits per heavy atom. The zero-order chi connectivity index (χ0) is 13.5. The van der Waals surface area contributed by atoms with Crippen molar-refractivity contribution in [3.8, 4) is 0 Å². The van der Waals surface area contributed by atoms with Gasteiger partial charge >= 0.3 is 0 Å². The van der Waals surface area contributed by atoms with Crippen molar-refractivity contribution < 1.29 is 9.90 Å². The first-order chi connectivity index (χ1) is 9.16. The smallest absolute Gasteiger partial charge is 0.257 e. The molecule has 1 N–H and O–H groups in total. The van der Waals surface area contributed by atoms with Crippen LogP contribution in [0.5, 0.6) is 0 Å². The summed E-state index contributed by atoms with van der Waals surface area (Å²) in [5.41, 5.74) is 1.20. The fourth-order valence-corrected chi connectivity index (χ4v) is 3.29. The van der Waals surface area contributed by atoms with E-state index in [0.29, 0.717) is 18.5 Å². The number of amides is 1. The topological polar surface area (TPSA) is 40.5 Å². The third-order valence-electron chi connectivity index (χ3n) is 3.69. The van der Waals surface area contributed by atoms with Crippen LogP contribution in [0.25, 0.3) is 0 Å². The molecule has 1 atom stereocenters. The summed E-state index contributed by atoms with van der Waals surface area (Å²) < 4.78 is 0. The normalized spacial score (nSPS) is 21.8. The van der Waals surface area contributed by atoms with Gasteiger partial charge in [-0.1, -0.05) is 25.1 Å². The molecule has 1 aliphatic rings. The summed E-state index contributed by atoms with van der Waals surface area (Å²) in [5.74, 6) is -0.0915. The number of hydrogen-bond acceptors (Lipinski definition) is 3. The fraction of sp³-hybridized carbons (Fsp3) is 0.267. The van der Waals surface area contributed by atoms with E-state index in [4.69, 9.17) is 0 Å². The van der Waals surface area contributed by atoms with Gasteiger partial charge in [0.15, 0.2) is 5.72 Å². The van der Waals surface area contributed by atoms with E-state index in [2.05, 4.69) is 0 Å². The Balaban J connectivity index is 2.04. The highest BCUT2D eigenvalue weighted by Gasteiger charge is 2.46. The monoisotopic (exact) mass is 273 g/mol. The number of nitrogens with zero attached hydrogens (tertiary/aromatic N) is 1. The minimum Gasteiger partial charge on any atom is -0.367 e. The van der Waals surface area contributed by atoms with Gasteiger partial charge in [0.25, 0.3) is 5.91 Å². The molecule has 1 unspecified atom stereocenters. The Bertz CT molecular complexity index is 608. The number of fused-ring (bicyclic) bond motifs is 1. The van der Waals surface area contributed by atoms with Gasteiger partial charge in [0.05, 0.1) is 0 Å². The molecule has 0 radical (unpaired) electrons. The summed E-state index contributed by atoms with van der Waals surface area (Å²) in [7, 11) is 0. The third kappa shape index (κ3) is 1.79. The van der Waals surface area contributed by atoms with Crippen LogP contribution in [-0.2, 0) is 12.3 Å². The van der Waals surface area contributed by atoms with E-state index in [1.54, 1.807) is 22.3 Å². The van der Waals surface area contributed by atoms with Crippen molar-refractivity contribution in [3.63, 3.8) is 0 Å². The number of thiophene rings is 1. The highest BCUT2D eigenvalue weighted by Crippen LogP contribution is 2.40. The number of hydrogen-bond donors (Lipinski definition) is 1. The van der Waals surface area contributed by atoms with Crippen LogP contribution in [0.3, 0.4) is 0 Å². The summed E-state index contributed by atoms with van der Waals surface area (Å²) in [5, 5.41) is 14.9. The molecule has 1 aromatic carbocycles. The van der Waals surface area contributed by atoms with Gasteiger partial charge in [-0.05, 0) is 34.9 Å². The van der Waals surface area contributed by atoms with Crippen molar-refractivity contribution in [2.75, 3.05) is 0 Å². The SMILES string of the molecule is CCC1(O)c2ccccc2C(=O)N1Cc1ccsc1. The lowest BCUT2D eigenvalue weighted by molar-refractivity contribution is -0.0909. The van der Waals surface area contributed by atoms with Crippen molar-refractivity contribution >= 4 is 17.2 Å². The molecule has 0 saturated carbocycles. The van der Waals surface area contributed by atoms with Crippen molar-refractivity contribution in [1.29, 1.82) is 0 Å². The first-order valence-corrected chi connectivity index (χ1v) is 7.26. The molecule has 3 nitrogen and oxygen atoms in total. The molecule has 0 bridgehead atoms. The van der Waals surface area contributed by atoms with E-state index in [-0.39, 0.29) is 5.91 Å². The molecule has 1 amide bonds. The number of benzene rings is 1. The summed E-state index contributed by atoms with van der Waals surface area (Å²) in [6.07, 6.45) is 0.486. The molecule has 3 rings (SSSR count). The maximum Gasteiger partial charge on any atom is 0.257 e. The quantitative estimate of drug-likeness (QED) is 0.934. The van der Waals surface area contributed by atoms with Crippen LogP contribution in [0.1, 0.15) is 34.8 Å². The lowest BCUT2D eigenvalue weighted by atomic mass is 9.99. The van der Waals surface area contributed by atoms with Crippen molar-refractivity contribution in [2.24, 2.45) is 0 Å². The van der Waals surface area contributed by atoms with Crippen LogP contribution < -0.4 is 0 Å². The molecule has 98 valence electrons. The Morgan fingerprint density at radius 1 is 1.32 bits per heavy atom. The van der Waals surface area contributed by atoms with E-state index >= 15 is 0 Å². The minimum atomic E-state index is -1.18. The summed E-state index contributed by atoms with van der Waals surface area (Å²) >= 11 is 1.60. The predicted molar refractivity (Wildman–Crippen MR) is 74.8 cm³/mol. The largest absolute Gasteiger partial charge is 0.367 e. The van der Waals surface area contributed by atoms with E-state index < -0.39 is 5.72 Å². The number of aliphatic hydroxyl groups is 1. The average molecular weight is 273 g/mol. The van der Waals surface area contributed by atoms with Crippen LogP contribution in [0.4, 0.5) is 0 Å². The molecule has 0 aliphatic carbocycles. The first kappa shape index (κ1) is 12.4. The van der Waals surface area contributed by atoms with Gasteiger partial charge in [0, 0.05) is 17.7 Å². The van der Waals surface area contributed by atoms with Gasteiger partial charge in [-0.15, -0.1) is 0 Å². The van der Waals surface area contributed by atoms with Crippen LogP contribution in [0, 0.1) is 0 Å². The van der Waals surface area contributed by atoms with Gasteiger partial charge in [-0.2, -0.15) is 11.3 Å². The number of carbonyl (C=O) groups excluding carboxylic acids is 1. The zero-order valence-corrected chi connectivity index (χ0v) is 11.5. The van der Waals surface area contributed by atoms with Crippen LogP contribution >= 0.6 is 11.3 Å². The van der Waals surface area contributed by atoms with Crippen LogP contribution in [-0.4, -0.2) is 15.9 Å². The second-order valence-electron chi connectivity index (χ2n) is 4.74. The molecule has 0 saturated heterocycles. The van der Waals surface area contributed by atoms with Crippen molar-refractivity contribution in [2.45, 2.75) is 25.6 Å². The molecule has 19 heavy (non-hydrogen) atoms. The van der Waals surface area contributed by atoms with Gasteiger partial charge in [0.2, 0.25) is 0 Å². The van der Waals surface area contributed by atoms with Gasteiger partial charge in [0.1, 0.15) is 0 Å². The molecule has 1 aromatic heterocycles. The zero-order valence-electron chi connectivity index (χ0n) is 10.7. The van der Waals surface area contributed by atoms with Gasteiger partial charge in [-0.25, -0.2) is 0 Å². The highest BCUT2D eigenvalue weighted by atomic mass is 32.1. The van der Waals surface area contributed by atoms with E-state index in [1.807, 2.05) is 41.9 Å². The Hall–Kier alpha value is -1.65. The van der Waals surface area contributed by atoms with Crippen LogP contribution in [0.2, 0.25) is 0 Å². The third-order valence-corrected chi connectivity index (χ3v) is 4.43. The molecule has 4 heteroatoms. The molecule has 2 aromatic rings. The molecule has 0 spiro atoms. The van der Waals surface area contributed by atoms with E-state index in [0.717, 1.165) is 11.1 Å². The molecular weight excluding hydrogens is 258 g/mol. The second kappa shape index (κ2) is 4.47. The molecule has 1 aliphatic heterocycles. The standard InChI is InChI=1S/C15H15NO2S/c1-2-15(18)13-6-4-3-5-12(13)14(17)16(15)9-11-7-8-19-10-11/h3-8,10,18H,2,9H2,1H3. The molecule has 0 fully saturated rings. The summed E-state index contributed by atoms with van der Waals surface area (Å²) in [4.78, 5) is 14.0. The Morgan fingerprint density at radius 2 is 2.11 bits per heavy atom. The maximum absolute atomic E-state index is 12.5. The number of rotatable bonds is 3. The predicted octanol–water partition coefficient (Wildman–Crippen LogP) is 2.96. The summed E-state index contributed by atoms with van der Waals surface area (Å²) in [6, 6.07) is 9.30. The number of carbonyl (C=O) groups is 1. The maximum atomic E-state index is 12.5. The first-order valence-electron chi connectivity index (χ1n) is 6.31. The molecule has 2 heterocycles. The van der Waals surface area contributed by atoms with Crippen molar-refractivity contribution in [3.05, 3.63) is 57.8 Å². The Kier molecular flexibility index (Phi) is 2.92. The van der Waals surface area contributed by atoms with Gasteiger partial charge < -0.3 is 10.0 Å².